The van der Waals surface area contributed by atoms with Crippen molar-refractivity contribution in [2.75, 3.05) is 0 Å². The lowest BCUT2D eigenvalue weighted by Gasteiger charge is -2.10. The minimum atomic E-state index is -0.554. The van der Waals surface area contributed by atoms with Crippen molar-refractivity contribution in [1.29, 1.82) is 0 Å². The quantitative estimate of drug-likeness (QED) is 0.865. The first-order valence-corrected chi connectivity index (χ1v) is 5.04. The summed E-state index contributed by atoms with van der Waals surface area (Å²) in [5, 5.41) is 14.6. The number of aliphatic hydroxyl groups is 1. The largest absolute Gasteiger partial charge is 0.386 e. The van der Waals surface area contributed by atoms with Gasteiger partial charge in [-0.1, -0.05) is 23.7 Å². The summed E-state index contributed by atoms with van der Waals surface area (Å²) < 4.78 is 1.69. The maximum Gasteiger partial charge on any atom is 0.0985 e. The summed E-state index contributed by atoms with van der Waals surface area (Å²) >= 11 is 5.76. The van der Waals surface area contributed by atoms with Crippen molar-refractivity contribution in [3.05, 3.63) is 53.3 Å². The molecule has 0 spiro atoms. The number of rotatable bonds is 3. The van der Waals surface area contributed by atoms with Gasteiger partial charge in [-0.3, -0.25) is 4.68 Å². The molecule has 0 bridgehead atoms. The van der Waals surface area contributed by atoms with Crippen molar-refractivity contribution < 1.29 is 5.11 Å². The van der Waals surface area contributed by atoms with Crippen molar-refractivity contribution in [3.63, 3.8) is 0 Å². The Morgan fingerprint density at radius 2 is 2.07 bits per heavy atom. The molecular weight excluding hydrogens is 212 g/mol. The van der Waals surface area contributed by atoms with Gasteiger partial charge in [0.25, 0.3) is 0 Å². The Bertz CT molecular complexity index is 411. The predicted octanol–water partition coefficient (Wildman–Crippen LogP) is 2.27. The van der Waals surface area contributed by atoms with Gasteiger partial charge in [-0.15, -0.1) is 0 Å². The van der Waals surface area contributed by atoms with Gasteiger partial charge in [0.2, 0.25) is 0 Å². The maximum absolute atomic E-state index is 9.88. The highest BCUT2D eigenvalue weighted by Crippen LogP contribution is 2.17. The standard InChI is InChI=1S/C11H11ClN2O/c12-10-4-2-9(3-5-10)11(15)8-14-7-1-6-13-14/h1-7,11,15H,8H2/t11-/m0/s1. The third-order valence-corrected chi connectivity index (χ3v) is 2.43. The monoisotopic (exact) mass is 222 g/mol. The first-order chi connectivity index (χ1) is 7.25. The number of aromatic nitrogens is 2. The summed E-state index contributed by atoms with van der Waals surface area (Å²) in [4.78, 5) is 0. The van der Waals surface area contributed by atoms with E-state index in [1.165, 1.54) is 0 Å². The lowest BCUT2D eigenvalue weighted by molar-refractivity contribution is 0.151. The first-order valence-electron chi connectivity index (χ1n) is 4.66. The Kier molecular flexibility index (Phi) is 3.04. The van der Waals surface area contributed by atoms with Crippen molar-refractivity contribution in [1.82, 2.24) is 9.78 Å². The molecule has 1 atom stereocenters. The molecule has 1 aromatic heterocycles. The van der Waals surface area contributed by atoms with E-state index in [-0.39, 0.29) is 0 Å². The van der Waals surface area contributed by atoms with Crippen molar-refractivity contribution >= 4 is 11.6 Å². The molecule has 0 amide bonds. The van der Waals surface area contributed by atoms with Crippen LogP contribution in [0.25, 0.3) is 0 Å². The van der Waals surface area contributed by atoms with E-state index in [0.29, 0.717) is 11.6 Å². The summed E-state index contributed by atoms with van der Waals surface area (Å²) in [5.41, 5.74) is 0.843. The van der Waals surface area contributed by atoms with Crippen LogP contribution in [-0.2, 0) is 6.54 Å². The summed E-state index contributed by atoms with van der Waals surface area (Å²) in [6.45, 7) is 0.453. The smallest absolute Gasteiger partial charge is 0.0985 e. The van der Waals surface area contributed by atoms with E-state index in [1.54, 1.807) is 23.0 Å². The van der Waals surface area contributed by atoms with Crippen LogP contribution in [-0.4, -0.2) is 14.9 Å². The molecule has 0 radical (unpaired) electrons. The molecule has 0 aliphatic heterocycles. The topological polar surface area (TPSA) is 38.0 Å². The van der Waals surface area contributed by atoms with E-state index in [9.17, 15) is 5.11 Å². The maximum atomic E-state index is 9.88. The molecule has 1 heterocycles. The summed E-state index contributed by atoms with van der Waals surface area (Å²) in [6.07, 6.45) is 2.95. The third-order valence-electron chi connectivity index (χ3n) is 2.17. The van der Waals surface area contributed by atoms with Gasteiger partial charge in [-0.2, -0.15) is 5.10 Å². The van der Waals surface area contributed by atoms with Crippen molar-refractivity contribution in [2.24, 2.45) is 0 Å². The highest BCUT2D eigenvalue weighted by molar-refractivity contribution is 6.30. The van der Waals surface area contributed by atoms with E-state index >= 15 is 0 Å². The second kappa shape index (κ2) is 4.47. The summed E-state index contributed by atoms with van der Waals surface area (Å²) in [5.74, 6) is 0. The lowest BCUT2D eigenvalue weighted by atomic mass is 10.1. The van der Waals surface area contributed by atoms with Gasteiger partial charge in [0.05, 0.1) is 12.6 Å². The van der Waals surface area contributed by atoms with Crippen LogP contribution in [0.5, 0.6) is 0 Å². The normalized spacial score (nSPS) is 12.7. The number of halogens is 1. The Hall–Kier alpha value is -1.32. The van der Waals surface area contributed by atoms with Gasteiger partial charge in [0, 0.05) is 17.4 Å². The molecule has 2 aromatic rings. The van der Waals surface area contributed by atoms with E-state index in [4.69, 9.17) is 11.6 Å². The van der Waals surface area contributed by atoms with Crippen LogP contribution in [0.4, 0.5) is 0 Å². The molecule has 78 valence electrons. The van der Waals surface area contributed by atoms with Crippen LogP contribution in [0.15, 0.2) is 42.7 Å². The molecule has 15 heavy (non-hydrogen) atoms. The van der Waals surface area contributed by atoms with Gasteiger partial charge >= 0.3 is 0 Å². The fourth-order valence-electron chi connectivity index (χ4n) is 1.38. The van der Waals surface area contributed by atoms with Crippen LogP contribution in [0, 0.1) is 0 Å². The fraction of sp³-hybridized carbons (Fsp3) is 0.182. The van der Waals surface area contributed by atoms with Crippen LogP contribution in [0.2, 0.25) is 5.02 Å². The molecular formula is C11H11ClN2O. The lowest BCUT2D eigenvalue weighted by Crippen LogP contribution is -2.08. The van der Waals surface area contributed by atoms with E-state index in [0.717, 1.165) is 5.56 Å². The van der Waals surface area contributed by atoms with Gasteiger partial charge in [-0.25, -0.2) is 0 Å². The highest BCUT2D eigenvalue weighted by Gasteiger charge is 2.07. The fourth-order valence-corrected chi connectivity index (χ4v) is 1.50. The second-order valence-corrected chi connectivity index (χ2v) is 3.73. The van der Waals surface area contributed by atoms with Gasteiger partial charge in [0.1, 0.15) is 0 Å². The number of hydrogen-bond donors (Lipinski definition) is 1. The first kappa shape index (κ1) is 10.2. The second-order valence-electron chi connectivity index (χ2n) is 3.30. The molecule has 1 N–H and O–H groups in total. The van der Waals surface area contributed by atoms with Gasteiger partial charge in [0.15, 0.2) is 0 Å². The molecule has 1 aromatic carbocycles. The SMILES string of the molecule is O[C@@H](Cn1cccn1)c1ccc(Cl)cc1. The molecule has 0 aliphatic rings. The molecule has 0 unspecified atom stereocenters. The van der Waals surface area contributed by atoms with Crippen LogP contribution >= 0.6 is 11.6 Å². The molecule has 0 saturated heterocycles. The average molecular weight is 223 g/mol. The molecule has 4 heteroatoms. The Morgan fingerprint density at radius 3 is 2.67 bits per heavy atom. The van der Waals surface area contributed by atoms with Gasteiger partial charge in [-0.05, 0) is 23.8 Å². The number of benzene rings is 1. The Labute approximate surface area is 92.9 Å². The van der Waals surface area contributed by atoms with Crippen LogP contribution < -0.4 is 0 Å². The molecule has 0 fully saturated rings. The highest BCUT2D eigenvalue weighted by atomic mass is 35.5. The van der Waals surface area contributed by atoms with Crippen molar-refractivity contribution in [2.45, 2.75) is 12.6 Å². The van der Waals surface area contributed by atoms with Crippen LogP contribution in [0.3, 0.4) is 0 Å². The Morgan fingerprint density at radius 1 is 1.33 bits per heavy atom. The molecule has 0 saturated carbocycles. The zero-order valence-corrected chi connectivity index (χ0v) is 8.80. The van der Waals surface area contributed by atoms with Gasteiger partial charge < -0.3 is 5.11 Å². The third kappa shape index (κ3) is 2.58. The molecule has 3 nitrogen and oxygen atoms in total. The summed E-state index contributed by atoms with van der Waals surface area (Å²) in [6, 6.07) is 8.99. The Balaban J connectivity index is 2.08. The zero-order chi connectivity index (χ0) is 10.7. The predicted molar refractivity (Wildman–Crippen MR) is 58.6 cm³/mol. The summed E-state index contributed by atoms with van der Waals surface area (Å²) in [7, 11) is 0. The number of aliphatic hydroxyl groups excluding tert-OH is 1. The van der Waals surface area contributed by atoms with Crippen LogP contribution in [0.1, 0.15) is 11.7 Å². The molecule has 0 aliphatic carbocycles. The zero-order valence-electron chi connectivity index (χ0n) is 8.05. The van der Waals surface area contributed by atoms with E-state index < -0.39 is 6.10 Å². The minimum absolute atomic E-state index is 0.453. The van der Waals surface area contributed by atoms with Crippen molar-refractivity contribution in [3.8, 4) is 0 Å². The van der Waals surface area contributed by atoms with E-state index in [1.807, 2.05) is 24.4 Å². The average Bonchev–Trinajstić information content (AvgIpc) is 2.71. The number of hydrogen-bond acceptors (Lipinski definition) is 2. The minimum Gasteiger partial charge on any atom is -0.386 e. The molecule has 2 rings (SSSR count). The number of nitrogens with zero attached hydrogens (tertiary/aromatic N) is 2. The van der Waals surface area contributed by atoms with E-state index in [2.05, 4.69) is 5.10 Å².